The lowest BCUT2D eigenvalue weighted by atomic mass is 9.83. The summed E-state index contributed by atoms with van der Waals surface area (Å²) in [7, 11) is 1.71. The van der Waals surface area contributed by atoms with Crippen LogP contribution in [0.25, 0.3) is 0 Å². The zero-order valence-corrected chi connectivity index (χ0v) is 14.9. The van der Waals surface area contributed by atoms with Crippen molar-refractivity contribution < 1.29 is 14.0 Å². The summed E-state index contributed by atoms with van der Waals surface area (Å²) in [6.07, 6.45) is 0.894. The smallest absolute Gasteiger partial charge is 0.228 e. The number of halogens is 1. The molecule has 1 aromatic carbocycles. The Hall–Kier alpha value is -1.95. The van der Waals surface area contributed by atoms with Crippen molar-refractivity contribution in [3.05, 3.63) is 35.6 Å². The SMILES string of the molecule is CCN1CCN(C(=O)[C@@H]2CCC(=O)N(C)[C@@H]2c2cccc(F)c2)CC1. The van der Waals surface area contributed by atoms with E-state index in [1.807, 2.05) is 4.90 Å². The van der Waals surface area contributed by atoms with Crippen LogP contribution in [0.5, 0.6) is 0 Å². The van der Waals surface area contributed by atoms with Gasteiger partial charge < -0.3 is 14.7 Å². The van der Waals surface area contributed by atoms with Crippen LogP contribution in [0.15, 0.2) is 24.3 Å². The van der Waals surface area contributed by atoms with E-state index in [1.165, 1.54) is 12.1 Å². The van der Waals surface area contributed by atoms with Crippen LogP contribution in [0.3, 0.4) is 0 Å². The number of hydrogen-bond donors (Lipinski definition) is 0. The Balaban J connectivity index is 1.82. The van der Waals surface area contributed by atoms with Gasteiger partial charge in [-0.15, -0.1) is 0 Å². The number of benzene rings is 1. The second kappa shape index (κ2) is 7.52. The van der Waals surface area contributed by atoms with Gasteiger partial charge in [-0.3, -0.25) is 9.59 Å². The first-order chi connectivity index (χ1) is 12.0. The van der Waals surface area contributed by atoms with Gasteiger partial charge in [0.25, 0.3) is 0 Å². The Morgan fingerprint density at radius 1 is 1.24 bits per heavy atom. The fraction of sp³-hybridized carbons (Fsp3) is 0.579. The fourth-order valence-electron chi connectivity index (χ4n) is 3.96. The average molecular weight is 347 g/mol. The van der Waals surface area contributed by atoms with E-state index in [4.69, 9.17) is 0 Å². The van der Waals surface area contributed by atoms with E-state index in [2.05, 4.69) is 11.8 Å². The van der Waals surface area contributed by atoms with E-state index in [0.717, 1.165) is 32.7 Å². The minimum atomic E-state index is -0.395. The van der Waals surface area contributed by atoms with Crippen LogP contribution in [0, 0.1) is 11.7 Å². The summed E-state index contributed by atoms with van der Waals surface area (Å²) < 4.78 is 13.7. The van der Waals surface area contributed by atoms with Crippen LogP contribution in [0.1, 0.15) is 31.4 Å². The molecule has 2 aliphatic rings. The standard InChI is InChI=1S/C19H26FN3O2/c1-3-22-9-11-23(12-10-22)19(25)16-7-8-17(24)21(2)18(16)14-5-4-6-15(20)13-14/h4-6,13,16,18H,3,7-12H2,1-2H3/t16-,18-/m1/s1. The molecule has 0 bridgehead atoms. The van der Waals surface area contributed by atoms with Crippen LogP contribution in [-0.4, -0.2) is 66.3 Å². The minimum Gasteiger partial charge on any atom is -0.340 e. The first-order valence-electron chi connectivity index (χ1n) is 9.03. The molecule has 0 saturated carbocycles. The number of likely N-dealkylation sites (N-methyl/N-ethyl adjacent to an activating group) is 1. The van der Waals surface area contributed by atoms with Crippen LogP contribution >= 0.6 is 0 Å². The third kappa shape index (κ3) is 3.68. The van der Waals surface area contributed by atoms with Crippen molar-refractivity contribution in [1.82, 2.24) is 14.7 Å². The second-order valence-electron chi connectivity index (χ2n) is 6.91. The molecular formula is C19H26FN3O2. The molecule has 2 heterocycles. The molecule has 0 aliphatic carbocycles. The number of amides is 2. The van der Waals surface area contributed by atoms with Gasteiger partial charge >= 0.3 is 0 Å². The quantitative estimate of drug-likeness (QED) is 0.839. The van der Waals surface area contributed by atoms with E-state index >= 15 is 0 Å². The third-order valence-electron chi connectivity index (χ3n) is 5.50. The van der Waals surface area contributed by atoms with Gasteiger partial charge in [-0.1, -0.05) is 19.1 Å². The van der Waals surface area contributed by atoms with Gasteiger partial charge in [0.1, 0.15) is 5.82 Å². The van der Waals surface area contributed by atoms with Crippen molar-refractivity contribution in [1.29, 1.82) is 0 Å². The highest BCUT2D eigenvalue weighted by Crippen LogP contribution is 2.37. The molecule has 0 spiro atoms. The average Bonchev–Trinajstić information content (AvgIpc) is 2.63. The zero-order chi connectivity index (χ0) is 18.0. The number of carbonyl (C=O) groups excluding carboxylic acids is 2. The third-order valence-corrected chi connectivity index (χ3v) is 5.50. The van der Waals surface area contributed by atoms with Gasteiger partial charge in [-0.05, 0) is 30.7 Å². The first-order valence-corrected chi connectivity index (χ1v) is 9.03. The van der Waals surface area contributed by atoms with E-state index < -0.39 is 6.04 Å². The minimum absolute atomic E-state index is 0.00844. The Morgan fingerprint density at radius 3 is 2.60 bits per heavy atom. The molecule has 2 saturated heterocycles. The largest absolute Gasteiger partial charge is 0.340 e. The van der Waals surface area contributed by atoms with Gasteiger partial charge in [-0.2, -0.15) is 0 Å². The maximum Gasteiger partial charge on any atom is 0.228 e. The molecule has 25 heavy (non-hydrogen) atoms. The first kappa shape index (κ1) is 17.9. The summed E-state index contributed by atoms with van der Waals surface area (Å²) >= 11 is 0. The van der Waals surface area contributed by atoms with Gasteiger partial charge in [0.15, 0.2) is 0 Å². The summed E-state index contributed by atoms with van der Waals surface area (Å²) in [6, 6.07) is 5.87. The molecule has 0 aromatic heterocycles. The highest BCUT2D eigenvalue weighted by atomic mass is 19.1. The molecule has 5 nitrogen and oxygen atoms in total. The lowest BCUT2D eigenvalue weighted by molar-refractivity contribution is -0.147. The van der Waals surface area contributed by atoms with Crippen molar-refractivity contribution in [2.45, 2.75) is 25.8 Å². The number of likely N-dealkylation sites (tertiary alicyclic amines) is 1. The van der Waals surface area contributed by atoms with Gasteiger partial charge in [0, 0.05) is 39.6 Å². The predicted octanol–water partition coefficient (Wildman–Crippen LogP) is 1.90. The van der Waals surface area contributed by atoms with E-state index in [-0.39, 0.29) is 23.5 Å². The highest BCUT2D eigenvalue weighted by molar-refractivity contribution is 5.85. The van der Waals surface area contributed by atoms with E-state index in [0.29, 0.717) is 18.4 Å². The molecule has 2 atom stereocenters. The molecule has 0 N–H and O–H groups in total. The molecule has 0 unspecified atom stereocenters. The van der Waals surface area contributed by atoms with Gasteiger partial charge in [0.2, 0.25) is 11.8 Å². The van der Waals surface area contributed by atoms with E-state index in [1.54, 1.807) is 24.1 Å². The second-order valence-corrected chi connectivity index (χ2v) is 6.91. The lowest BCUT2D eigenvalue weighted by Crippen LogP contribution is -2.53. The summed E-state index contributed by atoms with van der Waals surface area (Å²) in [4.78, 5) is 31.2. The van der Waals surface area contributed by atoms with Crippen LogP contribution in [0.2, 0.25) is 0 Å². The van der Waals surface area contributed by atoms with E-state index in [9.17, 15) is 14.0 Å². The monoisotopic (exact) mass is 347 g/mol. The fourth-order valence-corrected chi connectivity index (χ4v) is 3.96. The lowest BCUT2D eigenvalue weighted by Gasteiger charge is -2.42. The number of nitrogens with zero attached hydrogens (tertiary/aromatic N) is 3. The summed E-state index contributed by atoms with van der Waals surface area (Å²) in [6.45, 7) is 6.32. The summed E-state index contributed by atoms with van der Waals surface area (Å²) in [5, 5.41) is 0. The van der Waals surface area contributed by atoms with Crippen molar-refractivity contribution in [3.63, 3.8) is 0 Å². The normalized spacial score (nSPS) is 25.3. The Bertz CT molecular complexity index is 643. The van der Waals surface area contributed by atoms with Crippen LogP contribution < -0.4 is 0 Å². The highest BCUT2D eigenvalue weighted by Gasteiger charge is 2.41. The molecule has 1 aromatic rings. The van der Waals surface area contributed by atoms with Gasteiger partial charge in [-0.25, -0.2) is 4.39 Å². The van der Waals surface area contributed by atoms with Crippen LogP contribution in [-0.2, 0) is 9.59 Å². The Labute approximate surface area is 148 Å². The molecule has 3 rings (SSSR count). The number of hydrogen-bond acceptors (Lipinski definition) is 3. The maximum atomic E-state index is 13.7. The predicted molar refractivity (Wildman–Crippen MR) is 93.3 cm³/mol. The molecule has 2 aliphatic heterocycles. The van der Waals surface area contributed by atoms with Crippen LogP contribution in [0.4, 0.5) is 4.39 Å². The molecule has 6 heteroatoms. The zero-order valence-electron chi connectivity index (χ0n) is 14.9. The summed E-state index contributed by atoms with van der Waals surface area (Å²) in [5.74, 6) is -0.553. The Morgan fingerprint density at radius 2 is 1.96 bits per heavy atom. The van der Waals surface area contributed by atoms with Crippen molar-refractivity contribution in [2.75, 3.05) is 39.8 Å². The molecule has 2 amide bonds. The molecular weight excluding hydrogens is 321 g/mol. The maximum absolute atomic E-state index is 13.7. The molecule has 2 fully saturated rings. The number of carbonyl (C=O) groups is 2. The Kier molecular flexibility index (Phi) is 5.37. The summed E-state index contributed by atoms with van der Waals surface area (Å²) in [5.41, 5.74) is 0.695. The van der Waals surface area contributed by atoms with Gasteiger partial charge in [0.05, 0.1) is 12.0 Å². The molecule has 0 radical (unpaired) electrons. The number of piperazine rings is 1. The number of piperidine rings is 1. The van der Waals surface area contributed by atoms with Crippen molar-refractivity contribution >= 4 is 11.8 Å². The van der Waals surface area contributed by atoms with Crippen molar-refractivity contribution in [3.8, 4) is 0 Å². The van der Waals surface area contributed by atoms with Crippen molar-refractivity contribution in [2.24, 2.45) is 5.92 Å². The molecule has 136 valence electrons. The number of rotatable bonds is 3. The topological polar surface area (TPSA) is 43.9 Å².